The van der Waals surface area contributed by atoms with Crippen molar-refractivity contribution in [1.82, 2.24) is 24.5 Å². The van der Waals surface area contributed by atoms with Gasteiger partial charge in [0.2, 0.25) is 0 Å². The van der Waals surface area contributed by atoms with Gasteiger partial charge in [-0.1, -0.05) is 12.1 Å². The minimum absolute atomic E-state index is 0.0694. The van der Waals surface area contributed by atoms with Crippen molar-refractivity contribution >= 4 is 40.3 Å². The molecule has 2 heterocycles. The van der Waals surface area contributed by atoms with Crippen LogP contribution in [-0.2, 0) is 0 Å². The van der Waals surface area contributed by atoms with E-state index in [1.54, 1.807) is 43.1 Å². The molecule has 3 aromatic carbocycles. The molecule has 5 rings (SSSR count). The number of anilines is 4. The maximum atomic E-state index is 13.1. The molecule has 0 aliphatic heterocycles. The van der Waals surface area contributed by atoms with Crippen LogP contribution in [0.3, 0.4) is 0 Å². The first-order valence-electron chi connectivity index (χ1n) is 13.3. The highest BCUT2D eigenvalue weighted by molar-refractivity contribution is 6.05. The SMILES string of the molecule is CCN(C)c1ccc(C(=O)Nc2cccc(-c3nc(Nc4ccc(C(=O)N(C)C)cc4)c4nccn4n3)c2C)cc1. The minimum atomic E-state index is -0.194. The third-order valence-electron chi connectivity index (χ3n) is 6.92. The summed E-state index contributed by atoms with van der Waals surface area (Å²) in [4.78, 5) is 38.2. The standard InChI is InChI=1S/C31H32N8O2/c1-6-38(5)24-16-12-21(13-17-24)30(40)34-26-9-7-8-25(20(26)2)27-35-28(29-32-18-19-39(29)36-27)33-23-14-10-22(11-15-23)31(41)37(3)4/h7-19H,6H2,1-5H3,(H,34,40)(H,33,35,36). The normalized spacial score (nSPS) is 10.9. The summed E-state index contributed by atoms with van der Waals surface area (Å²) in [6.45, 7) is 4.89. The van der Waals surface area contributed by atoms with E-state index in [2.05, 4.69) is 32.5 Å². The number of rotatable bonds is 8. The molecule has 41 heavy (non-hydrogen) atoms. The number of hydrogen-bond donors (Lipinski definition) is 2. The number of amides is 2. The molecule has 5 aromatic rings. The average molecular weight is 549 g/mol. The van der Waals surface area contributed by atoms with Gasteiger partial charge >= 0.3 is 0 Å². The topological polar surface area (TPSA) is 108 Å². The lowest BCUT2D eigenvalue weighted by atomic mass is 10.1. The van der Waals surface area contributed by atoms with Crippen LogP contribution in [0, 0.1) is 6.92 Å². The van der Waals surface area contributed by atoms with Crippen LogP contribution in [0.1, 0.15) is 33.2 Å². The van der Waals surface area contributed by atoms with Gasteiger partial charge in [0.1, 0.15) is 0 Å². The Balaban J connectivity index is 1.42. The maximum Gasteiger partial charge on any atom is 0.255 e. The molecule has 2 aromatic heterocycles. The van der Waals surface area contributed by atoms with Crippen molar-refractivity contribution in [2.45, 2.75) is 13.8 Å². The van der Waals surface area contributed by atoms with Crippen LogP contribution in [0.2, 0.25) is 0 Å². The molecule has 0 aliphatic carbocycles. The van der Waals surface area contributed by atoms with Crippen LogP contribution in [0.5, 0.6) is 0 Å². The van der Waals surface area contributed by atoms with Crippen molar-refractivity contribution in [3.63, 3.8) is 0 Å². The maximum absolute atomic E-state index is 13.1. The highest BCUT2D eigenvalue weighted by Crippen LogP contribution is 2.29. The fourth-order valence-electron chi connectivity index (χ4n) is 4.37. The molecule has 10 nitrogen and oxygen atoms in total. The van der Waals surface area contributed by atoms with Crippen molar-refractivity contribution < 1.29 is 9.59 Å². The van der Waals surface area contributed by atoms with Crippen LogP contribution in [0.15, 0.2) is 79.1 Å². The van der Waals surface area contributed by atoms with E-state index in [0.29, 0.717) is 34.1 Å². The lowest BCUT2D eigenvalue weighted by Crippen LogP contribution is -2.21. The van der Waals surface area contributed by atoms with Gasteiger partial charge in [0.15, 0.2) is 17.3 Å². The first kappa shape index (κ1) is 27.3. The van der Waals surface area contributed by atoms with Gasteiger partial charge in [-0.3, -0.25) is 9.59 Å². The molecule has 2 N–H and O–H groups in total. The molecule has 0 saturated carbocycles. The van der Waals surface area contributed by atoms with Gasteiger partial charge in [-0.15, -0.1) is 5.10 Å². The Labute approximate surface area is 238 Å². The zero-order valence-corrected chi connectivity index (χ0v) is 23.7. The molecule has 2 amide bonds. The zero-order valence-electron chi connectivity index (χ0n) is 23.7. The van der Waals surface area contributed by atoms with E-state index in [-0.39, 0.29) is 11.8 Å². The van der Waals surface area contributed by atoms with Crippen LogP contribution < -0.4 is 15.5 Å². The fraction of sp³-hybridized carbons (Fsp3) is 0.194. The van der Waals surface area contributed by atoms with E-state index < -0.39 is 0 Å². The Bertz CT molecular complexity index is 1710. The first-order valence-corrected chi connectivity index (χ1v) is 13.3. The summed E-state index contributed by atoms with van der Waals surface area (Å²) in [6.07, 6.45) is 3.41. The summed E-state index contributed by atoms with van der Waals surface area (Å²) < 4.78 is 1.66. The van der Waals surface area contributed by atoms with Crippen LogP contribution in [-0.4, -0.2) is 64.0 Å². The molecule has 0 bridgehead atoms. The van der Waals surface area contributed by atoms with Crippen LogP contribution in [0.25, 0.3) is 17.0 Å². The van der Waals surface area contributed by atoms with Crippen LogP contribution >= 0.6 is 0 Å². The van der Waals surface area contributed by atoms with Crippen molar-refractivity contribution in [1.29, 1.82) is 0 Å². The Morgan fingerprint density at radius 3 is 2.32 bits per heavy atom. The molecular formula is C31H32N8O2. The minimum Gasteiger partial charge on any atom is -0.375 e. The fourth-order valence-corrected chi connectivity index (χ4v) is 4.37. The number of hydrogen-bond acceptors (Lipinski definition) is 7. The molecule has 10 heteroatoms. The summed E-state index contributed by atoms with van der Waals surface area (Å²) in [5.74, 6) is 0.719. The lowest BCUT2D eigenvalue weighted by molar-refractivity contribution is 0.0827. The molecule has 0 radical (unpaired) electrons. The molecule has 0 atom stereocenters. The van der Waals surface area contributed by atoms with Gasteiger partial charge in [0, 0.05) is 73.8 Å². The van der Waals surface area contributed by atoms with Crippen molar-refractivity contribution in [3.05, 3.63) is 95.8 Å². The smallest absolute Gasteiger partial charge is 0.255 e. The number of nitrogens with zero attached hydrogens (tertiary/aromatic N) is 6. The van der Waals surface area contributed by atoms with E-state index in [9.17, 15) is 9.59 Å². The summed E-state index contributed by atoms with van der Waals surface area (Å²) in [5, 5.41) is 11.0. The monoisotopic (exact) mass is 548 g/mol. The Hall–Kier alpha value is -5.25. The zero-order chi connectivity index (χ0) is 29.1. The number of imidazole rings is 1. The Morgan fingerprint density at radius 1 is 0.927 bits per heavy atom. The molecule has 0 saturated heterocycles. The van der Waals surface area contributed by atoms with Crippen molar-refractivity contribution in [2.75, 3.05) is 43.2 Å². The number of aromatic nitrogens is 4. The molecule has 208 valence electrons. The quantitative estimate of drug-likeness (QED) is 0.273. The largest absolute Gasteiger partial charge is 0.375 e. The molecule has 0 spiro atoms. The summed E-state index contributed by atoms with van der Waals surface area (Å²) >= 11 is 0. The van der Waals surface area contributed by atoms with E-state index in [4.69, 9.17) is 4.98 Å². The molecular weight excluding hydrogens is 516 g/mol. The highest BCUT2D eigenvalue weighted by Gasteiger charge is 2.16. The second kappa shape index (κ2) is 11.5. The van der Waals surface area contributed by atoms with Gasteiger partial charge in [-0.2, -0.15) is 0 Å². The van der Waals surface area contributed by atoms with Gasteiger partial charge in [0.25, 0.3) is 11.8 Å². The molecule has 0 fully saturated rings. The summed E-state index contributed by atoms with van der Waals surface area (Å²) in [7, 11) is 5.45. The van der Waals surface area contributed by atoms with E-state index in [1.165, 1.54) is 4.90 Å². The Morgan fingerprint density at radius 2 is 1.63 bits per heavy atom. The lowest BCUT2D eigenvalue weighted by Gasteiger charge is -2.17. The third kappa shape index (κ3) is 5.72. The molecule has 0 aliphatic rings. The number of carbonyl (C=O) groups excluding carboxylic acids is 2. The Kier molecular flexibility index (Phi) is 7.64. The number of nitrogens with one attached hydrogen (secondary N) is 2. The van der Waals surface area contributed by atoms with Gasteiger partial charge < -0.3 is 20.4 Å². The van der Waals surface area contributed by atoms with E-state index in [0.717, 1.165) is 29.0 Å². The van der Waals surface area contributed by atoms with E-state index in [1.807, 2.05) is 68.6 Å². The third-order valence-corrected chi connectivity index (χ3v) is 6.92. The molecule has 0 unspecified atom stereocenters. The van der Waals surface area contributed by atoms with E-state index >= 15 is 0 Å². The van der Waals surface area contributed by atoms with Gasteiger partial charge in [0.05, 0.1) is 0 Å². The van der Waals surface area contributed by atoms with Crippen molar-refractivity contribution in [3.8, 4) is 11.4 Å². The second-order valence-electron chi connectivity index (χ2n) is 9.87. The summed E-state index contributed by atoms with van der Waals surface area (Å²) in [5.41, 5.74) is 5.81. The highest BCUT2D eigenvalue weighted by atomic mass is 16.2. The first-order chi connectivity index (χ1) is 19.7. The average Bonchev–Trinajstić information content (AvgIpc) is 3.47. The second-order valence-corrected chi connectivity index (χ2v) is 9.87. The van der Waals surface area contributed by atoms with Gasteiger partial charge in [-0.05, 0) is 74.0 Å². The number of carbonyl (C=O) groups is 2. The van der Waals surface area contributed by atoms with Gasteiger partial charge in [-0.25, -0.2) is 14.5 Å². The predicted octanol–water partition coefficient (Wildman–Crippen LogP) is 5.25. The predicted molar refractivity (Wildman–Crippen MR) is 162 cm³/mol. The number of fused-ring (bicyclic) bond motifs is 1. The summed E-state index contributed by atoms with van der Waals surface area (Å²) in [6, 6.07) is 20.4. The van der Waals surface area contributed by atoms with Crippen molar-refractivity contribution in [2.24, 2.45) is 0 Å². The number of benzene rings is 3. The van der Waals surface area contributed by atoms with Crippen LogP contribution in [0.4, 0.5) is 22.9 Å².